The lowest BCUT2D eigenvalue weighted by Gasteiger charge is -2.13. The van der Waals surface area contributed by atoms with E-state index in [1.165, 1.54) is 0 Å². The van der Waals surface area contributed by atoms with Gasteiger partial charge in [-0.15, -0.1) is 0 Å². The first-order chi connectivity index (χ1) is 12.0. The van der Waals surface area contributed by atoms with Crippen LogP contribution in [-0.2, 0) is 0 Å². The van der Waals surface area contributed by atoms with Gasteiger partial charge in [0.05, 0.1) is 37.0 Å². The number of hydrogen-bond acceptors (Lipinski definition) is 4. The van der Waals surface area contributed by atoms with Crippen LogP contribution in [0, 0.1) is 20.8 Å². The maximum atomic E-state index is 5.29. The van der Waals surface area contributed by atoms with Crippen molar-refractivity contribution in [1.82, 2.24) is 9.97 Å². The topological polar surface area (TPSA) is 44.2 Å². The lowest BCUT2D eigenvalue weighted by Crippen LogP contribution is -2.01. The fraction of sp³-hybridized carbons (Fsp3) is 0.238. The molecule has 0 amide bonds. The summed E-state index contributed by atoms with van der Waals surface area (Å²) >= 11 is 0. The van der Waals surface area contributed by atoms with Gasteiger partial charge in [-0.05, 0) is 68.8 Å². The zero-order valence-corrected chi connectivity index (χ0v) is 15.3. The first kappa shape index (κ1) is 17.0. The lowest BCUT2D eigenvalue weighted by molar-refractivity contribution is 0.414. The van der Waals surface area contributed by atoms with Crippen LogP contribution in [0.15, 0.2) is 42.5 Å². The van der Waals surface area contributed by atoms with Gasteiger partial charge in [-0.1, -0.05) is 0 Å². The van der Waals surface area contributed by atoms with Gasteiger partial charge in [-0.3, -0.25) is 0 Å². The first-order valence-electron chi connectivity index (χ1n) is 8.18. The van der Waals surface area contributed by atoms with Crippen molar-refractivity contribution in [3.8, 4) is 34.0 Å². The van der Waals surface area contributed by atoms with E-state index in [0.29, 0.717) is 0 Å². The summed E-state index contributed by atoms with van der Waals surface area (Å²) < 4.78 is 10.5. The van der Waals surface area contributed by atoms with E-state index in [9.17, 15) is 0 Å². The summed E-state index contributed by atoms with van der Waals surface area (Å²) in [6, 6.07) is 13.9. The second-order valence-corrected chi connectivity index (χ2v) is 6.00. The molecule has 1 heterocycles. The van der Waals surface area contributed by atoms with Gasteiger partial charge in [0, 0.05) is 11.1 Å². The SMILES string of the molecule is COc1ccc(-c2nc(C)c(-c3ccc(OC)cc3C)nc2C)cc1. The second kappa shape index (κ2) is 6.93. The summed E-state index contributed by atoms with van der Waals surface area (Å²) in [4.78, 5) is 9.67. The molecule has 3 rings (SSSR count). The third kappa shape index (κ3) is 3.33. The van der Waals surface area contributed by atoms with Gasteiger partial charge in [0.1, 0.15) is 11.5 Å². The molecule has 4 heteroatoms. The Bertz CT molecular complexity index is 903. The maximum Gasteiger partial charge on any atom is 0.119 e. The molecule has 0 bridgehead atoms. The Kier molecular flexibility index (Phi) is 4.70. The van der Waals surface area contributed by atoms with Crippen molar-refractivity contribution in [2.24, 2.45) is 0 Å². The lowest BCUT2D eigenvalue weighted by atomic mass is 10.0. The minimum absolute atomic E-state index is 0.830. The van der Waals surface area contributed by atoms with E-state index >= 15 is 0 Å². The Morgan fingerprint density at radius 3 is 1.84 bits per heavy atom. The quantitative estimate of drug-likeness (QED) is 0.690. The monoisotopic (exact) mass is 334 g/mol. The molecule has 128 valence electrons. The molecule has 0 aliphatic heterocycles. The Morgan fingerprint density at radius 2 is 1.24 bits per heavy atom. The Balaban J connectivity index is 2.05. The van der Waals surface area contributed by atoms with Crippen molar-refractivity contribution in [2.45, 2.75) is 20.8 Å². The molecule has 3 aromatic rings. The van der Waals surface area contributed by atoms with E-state index in [4.69, 9.17) is 19.4 Å². The maximum absolute atomic E-state index is 5.29. The highest BCUT2D eigenvalue weighted by Crippen LogP contribution is 2.30. The van der Waals surface area contributed by atoms with Gasteiger partial charge in [-0.25, -0.2) is 9.97 Å². The molecular formula is C21H22N2O2. The average Bonchev–Trinajstić information content (AvgIpc) is 2.63. The molecule has 4 nitrogen and oxygen atoms in total. The molecular weight excluding hydrogens is 312 g/mol. The van der Waals surface area contributed by atoms with Crippen molar-refractivity contribution in [1.29, 1.82) is 0 Å². The average molecular weight is 334 g/mol. The number of aromatic nitrogens is 2. The fourth-order valence-electron chi connectivity index (χ4n) is 2.91. The van der Waals surface area contributed by atoms with Crippen LogP contribution in [0.25, 0.3) is 22.5 Å². The zero-order chi connectivity index (χ0) is 18.0. The van der Waals surface area contributed by atoms with Crippen molar-refractivity contribution in [2.75, 3.05) is 14.2 Å². The number of methoxy groups -OCH3 is 2. The minimum Gasteiger partial charge on any atom is -0.497 e. The summed E-state index contributed by atoms with van der Waals surface area (Å²) in [5, 5.41) is 0. The van der Waals surface area contributed by atoms with E-state index < -0.39 is 0 Å². The highest BCUT2D eigenvalue weighted by Gasteiger charge is 2.14. The van der Waals surface area contributed by atoms with Gasteiger partial charge in [-0.2, -0.15) is 0 Å². The highest BCUT2D eigenvalue weighted by molar-refractivity contribution is 5.70. The fourth-order valence-corrected chi connectivity index (χ4v) is 2.91. The van der Waals surface area contributed by atoms with Crippen LogP contribution in [0.1, 0.15) is 17.0 Å². The number of ether oxygens (including phenoxy) is 2. The first-order valence-corrected chi connectivity index (χ1v) is 8.18. The summed E-state index contributed by atoms with van der Waals surface area (Å²) in [5.74, 6) is 1.68. The largest absolute Gasteiger partial charge is 0.497 e. The van der Waals surface area contributed by atoms with Crippen LogP contribution in [0.5, 0.6) is 11.5 Å². The Morgan fingerprint density at radius 1 is 0.680 bits per heavy atom. The molecule has 0 spiro atoms. The van der Waals surface area contributed by atoms with Crippen molar-refractivity contribution >= 4 is 0 Å². The molecule has 0 saturated carbocycles. The van der Waals surface area contributed by atoms with Gasteiger partial charge in [0.15, 0.2) is 0 Å². The minimum atomic E-state index is 0.830. The van der Waals surface area contributed by atoms with Crippen LogP contribution in [0.2, 0.25) is 0 Å². The van der Waals surface area contributed by atoms with E-state index in [2.05, 4.69) is 6.92 Å². The third-order valence-corrected chi connectivity index (χ3v) is 4.30. The molecule has 0 N–H and O–H groups in total. The van der Waals surface area contributed by atoms with Crippen molar-refractivity contribution in [3.05, 3.63) is 59.4 Å². The second-order valence-electron chi connectivity index (χ2n) is 6.00. The number of benzene rings is 2. The van der Waals surface area contributed by atoms with E-state index in [1.807, 2.05) is 56.3 Å². The predicted octanol–water partition coefficient (Wildman–Crippen LogP) is 4.75. The van der Waals surface area contributed by atoms with Crippen molar-refractivity contribution in [3.63, 3.8) is 0 Å². The highest BCUT2D eigenvalue weighted by atomic mass is 16.5. The van der Waals surface area contributed by atoms with Crippen LogP contribution in [0.3, 0.4) is 0 Å². The molecule has 0 unspecified atom stereocenters. The van der Waals surface area contributed by atoms with Crippen LogP contribution < -0.4 is 9.47 Å². The molecule has 0 aliphatic carbocycles. The van der Waals surface area contributed by atoms with E-state index in [1.54, 1.807) is 14.2 Å². The smallest absolute Gasteiger partial charge is 0.119 e. The molecule has 0 saturated heterocycles. The molecule has 0 fully saturated rings. The standard InChI is InChI=1S/C21H22N2O2/c1-13-12-18(25-5)10-11-19(13)21-15(3)22-20(14(2)23-21)16-6-8-17(24-4)9-7-16/h6-12H,1-5H3. The summed E-state index contributed by atoms with van der Waals surface area (Å²) in [7, 11) is 3.34. The predicted molar refractivity (Wildman–Crippen MR) is 100 cm³/mol. The van der Waals surface area contributed by atoms with Crippen LogP contribution >= 0.6 is 0 Å². The number of aryl methyl sites for hydroxylation is 3. The molecule has 0 aliphatic rings. The summed E-state index contributed by atoms with van der Waals surface area (Å²) in [6.45, 7) is 6.05. The number of nitrogens with zero attached hydrogens (tertiary/aromatic N) is 2. The number of hydrogen-bond donors (Lipinski definition) is 0. The van der Waals surface area contributed by atoms with Crippen LogP contribution in [0.4, 0.5) is 0 Å². The molecule has 0 atom stereocenters. The van der Waals surface area contributed by atoms with E-state index in [-0.39, 0.29) is 0 Å². The molecule has 1 aromatic heterocycles. The normalized spacial score (nSPS) is 10.6. The Hall–Kier alpha value is -2.88. The number of rotatable bonds is 4. The Labute approximate surface area is 148 Å². The van der Waals surface area contributed by atoms with Crippen molar-refractivity contribution < 1.29 is 9.47 Å². The molecule has 2 aromatic carbocycles. The zero-order valence-electron chi connectivity index (χ0n) is 15.3. The van der Waals surface area contributed by atoms with Gasteiger partial charge < -0.3 is 9.47 Å². The van der Waals surface area contributed by atoms with Gasteiger partial charge in [0.2, 0.25) is 0 Å². The summed E-state index contributed by atoms with van der Waals surface area (Å²) in [6.07, 6.45) is 0. The van der Waals surface area contributed by atoms with Gasteiger partial charge in [0.25, 0.3) is 0 Å². The summed E-state index contributed by atoms with van der Waals surface area (Å²) in [5.41, 5.74) is 6.85. The van der Waals surface area contributed by atoms with Crippen LogP contribution in [-0.4, -0.2) is 24.2 Å². The molecule has 0 radical (unpaired) electrons. The van der Waals surface area contributed by atoms with E-state index in [0.717, 1.165) is 51.0 Å². The third-order valence-electron chi connectivity index (χ3n) is 4.30. The molecule has 25 heavy (non-hydrogen) atoms. The van der Waals surface area contributed by atoms with Gasteiger partial charge >= 0.3 is 0 Å².